The van der Waals surface area contributed by atoms with Gasteiger partial charge in [0.25, 0.3) is 0 Å². The molecule has 0 bridgehead atoms. The van der Waals surface area contributed by atoms with Crippen molar-refractivity contribution in [3.63, 3.8) is 0 Å². The lowest BCUT2D eigenvalue weighted by Crippen LogP contribution is -2.49. The number of ether oxygens (including phenoxy) is 1. The molecule has 0 unspecified atom stereocenters. The van der Waals surface area contributed by atoms with Crippen LogP contribution >= 0.6 is 31.9 Å². The summed E-state index contributed by atoms with van der Waals surface area (Å²) in [4.78, 5) is 25.2. The molecule has 7 heteroatoms. The predicted molar refractivity (Wildman–Crippen MR) is 112 cm³/mol. The van der Waals surface area contributed by atoms with Gasteiger partial charge >= 0.3 is 0 Å². The standard InChI is InChI=1S/C20H20Br2N2O3/c21-15-3-1-14(2-4-15)20(9-11-27-12-10-20)19(26)23-13-18(25)24-17-7-5-16(22)6-8-17/h1-8H,9-13H2,(H,23,26)(H,24,25). The van der Waals surface area contributed by atoms with E-state index in [0.717, 1.165) is 14.5 Å². The van der Waals surface area contributed by atoms with E-state index >= 15 is 0 Å². The molecule has 27 heavy (non-hydrogen) atoms. The minimum absolute atomic E-state index is 0.0754. The highest BCUT2D eigenvalue weighted by Crippen LogP contribution is 2.35. The number of anilines is 1. The molecule has 0 spiro atoms. The average molecular weight is 496 g/mol. The van der Waals surface area contributed by atoms with Gasteiger partial charge in [0.15, 0.2) is 0 Å². The van der Waals surface area contributed by atoms with Crippen LogP contribution < -0.4 is 10.6 Å². The van der Waals surface area contributed by atoms with Gasteiger partial charge in [-0.15, -0.1) is 0 Å². The summed E-state index contributed by atoms with van der Waals surface area (Å²) in [6, 6.07) is 15.1. The lowest BCUT2D eigenvalue weighted by atomic mass is 9.73. The van der Waals surface area contributed by atoms with E-state index in [9.17, 15) is 9.59 Å². The zero-order chi connectivity index (χ0) is 19.3. The minimum atomic E-state index is -0.670. The fourth-order valence-electron chi connectivity index (χ4n) is 3.20. The zero-order valence-corrected chi connectivity index (χ0v) is 17.8. The van der Waals surface area contributed by atoms with Gasteiger partial charge in [0.1, 0.15) is 0 Å². The highest BCUT2D eigenvalue weighted by molar-refractivity contribution is 9.10. The summed E-state index contributed by atoms with van der Waals surface area (Å²) in [6.07, 6.45) is 1.18. The first-order valence-electron chi connectivity index (χ1n) is 8.67. The van der Waals surface area contributed by atoms with Crippen LogP contribution in [0.25, 0.3) is 0 Å². The Bertz CT molecular complexity index is 801. The van der Waals surface area contributed by atoms with E-state index < -0.39 is 5.41 Å². The largest absolute Gasteiger partial charge is 0.381 e. The summed E-state index contributed by atoms with van der Waals surface area (Å²) < 4.78 is 7.36. The molecular formula is C20H20Br2N2O3. The highest BCUT2D eigenvalue weighted by Gasteiger charge is 2.41. The Morgan fingerprint density at radius 3 is 2.07 bits per heavy atom. The van der Waals surface area contributed by atoms with Crippen molar-refractivity contribution in [1.82, 2.24) is 5.32 Å². The molecule has 1 heterocycles. The van der Waals surface area contributed by atoms with Crippen molar-refractivity contribution in [2.45, 2.75) is 18.3 Å². The number of hydrogen-bond acceptors (Lipinski definition) is 3. The summed E-state index contributed by atoms with van der Waals surface area (Å²) >= 11 is 6.78. The van der Waals surface area contributed by atoms with Crippen LogP contribution in [0.1, 0.15) is 18.4 Å². The molecule has 1 saturated heterocycles. The molecule has 2 N–H and O–H groups in total. The molecule has 0 aliphatic carbocycles. The zero-order valence-electron chi connectivity index (χ0n) is 14.6. The third-order valence-electron chi connectivity index (χ3n) is 4.72. The maximum absolute atomic E-state index is 13.0. The van der Waals surface area contributed by atoms with Gasteiger partial charge in [0, 0.05) is 27.8 Å². The molecule has 0 saturated carbocycles. The number of halogens is 2. The third-order valence-corrected chi connectivity index (χ3v) is 5.77. The first-order chi connectivity index (χ1) is 13.0. The minimum Gasteiger partial charge on any atom is -0.381 e. The molecule has 2 aromatic carbocycles. The Balaban J connectivity index is 1.66. The highest BCUT2D eigenvalue weighted by atomic mass is 79.9. The van der Waals surface area contributed by atoms with Crippen LogP contribution in [0.5, 0.6) is 0 Å². The third kappa shape index (κ3) is 4.97. The van der Waals surface area contributed by atoms with Crippen molar-refractivity contribution in [3.05, 3.63) is 63.0 Å². The number of rotatable bonds is 5. The van der Waals surface area contributed by atoms with Gasteiger partial charge in [0.2, 0.25) is 11.8 Å². The lowest BCUT2D eigenvalue weighted by Gasteiger charge is -2.36. The van der Waals surface area contributed by atoms with Gasteiger partial charge in [-0.3, -0.25) is 9.59 Å². The number of amides is 2. The quantitative estimate of drug-likeness (QED) is 0.658. The first-order valence-corrected chi connectivity index (χ1v) is 10.3. The van der Waals surface area contributed by atoms with Crippen molar-refractivity contribution in [1.29, 1.82) is 0 Å². The fourth-order valence-corrected chi connectivity index (χ4v) is 3.73. The van der Waals surface area contributed by atoms with Crippen molar-refractivity contribution < 1.29 is 14.3 Å². The Labute approximate surface area is 175 Å². The van der Waals surface area contributed by atoms with Gasteiger partial charge in [0.05, 0.1) is 12.0 Å². The Morgan fingerprint density at radius 2 is 1.48 bits per heavy atom. The second kappa shape index (κ2) is 8.99. The van der Waals surface area contributed by atoms with E-state index in [-0.39, 0.29) is 18.4 Å². The summed E-state index contributed by atoms with van der Waals surface area (Å²) in [7, 11) is 0. The molecule has 2 aromatic rings. The maximum atomic E-state index is 13.0. The van der Waals surface area contributed by atoms with Crippen LogP contribution in [0, 0.1) is 0 Å². The van der Waals surface area contributed by atoms with Gasteiger partial charge in [-0.1, -0.05) is 44.0 Å². The van der Waals surface area contributed by atoms with E-state index in [4.69, 9.17) is 4.74 Å². The maximum Gasteiger partial charge on any atom is 0.243 e. The smallest absolute Gasteiger partial charge is 0.243 e. The summed E-state index contributed by atoms with van der Waals surface area (Å²) in [5, 5.41) is 5.59. The van der Waals surface area contributed by atoms with Crippen LogP contribution in [0.15, 0.2) is 57.5 Å². The van der Waals surface area contributed by atoms with Crippen molar-refractivity contribution in [2.75, 3.05) is 25.1 Å². The normalized spacial score (nSPS) is 15.8. The van der Waals surface area contributed by atoms with E-state index in [1.54, 1.807) is 12.1 Å². The Kier molecular flexibility index (Phi) is 6.68. The molecule has 142 valence electrons. The van der Waals surface area contributed by atoms with Crippen molar-refractivity contribution >= 4 is 49.4 Å². The van der Waals surface area contributed by atoms with E-state index in [0.29, 0.717) is 31.7 Å². The molecule has 1 fully saturated rings. The molecule has 2 amide bonds. The molecule has 3 rings (SSSR count). The van der Waals surface area contributed by atoms with E-state index in [2.05, 4.69) is 42.5 Å². The molecular weight excluding hydrogens is 476 g/mol. The fraction of sp³-hybridized carbons (Fsp3) is 0.300. The summed E-state index contributed by atoms with van der Waals surface area (Å²) in [5.74, 6) is -0.400. The monoisotopic (exact) mass is 494 g/mol. The second-order valence-corrected chi connectivity index (χ2v) is 8.27. The lowest BCUT2D eigenvalue weighted by molar-refractivity contribution is -0.132. The number of nitrogens with one attached hydrogen (secondary N) is 2. The van der Waals surface area contributed by atoms with Crippen LogP contribution in [0.2, 0.25) is 0 Å². The van der Waals surface area contributed by atoms with Gasteiger partial charge in [-0.05, 0) is 54.8 Å². The SMILES string of the molecule is O=C(CNC(=O)C1(c2ccc(Br)cc2)CCOCC1)Nc1ccc(Br)cc1. The second-order valence-electron chi connectivity index (χ2n) is 6.44. The number of carbonyl (C=O) groups excluding carboxylic acids is 2. The topological polar surface area (TPSA) is 67.4 Å². The Morgan fingerprint density at radius 1 is 0.926 bits per heavy atom. The number of hydrogen-bond donors (Lipinski definition) is 2. The molecule has 0 aromatic heterocycles. The molecule has 1 aliphatic rings. The van der Waals surface area contributed by atoms with Crippen LogP contribution in [-0.2, 0) is 19.7 Å². The van der Waals surface area contributed by atoms with Crippen LogP contribution in [-0.4, -0.2) is 31.6 Å². The number of carbonyl (C=O) groups is 2. The number of benzene rings is 2. The predicted octanol–water partition coefficient (Wildman–Crippen LogP) is 4.01. The first kappa shape index (κ1) is 20.0. The average Bonchev–Trinajstić information content (AvgIpc) is 2.69. The van der Waals surface area contributed by atoms with Crippen LogP contribution in [0.4, 0.5) is 5.69 Å². The molecule has 0 atom stereocenters. The van der Waals surface area contributed by atoms with Gasteiger partial charge in [-0.2, -0.15) is 0 Å². The van der Waals surface area contributed by atoms with E-state index in [1.165, 1.54) is 0 Å². The summed E-state index contributed by atoms with van der Waals surface area (Å²) in [6.45, 7) is 0.969. The molecule has 1 aliphatic heterocycles. The van der Waals surface area contributed by atoms with Crippen molar-refractivity contribution in [2.24, 2.45) is 0 Å². The molecule has 5 nitrogen and oxygen atoms in total. The van der Waals surface area contributed by atoms with Gasteiger partial charge < -0.3 is 15.4 Å². The van der Waals surface area contributed by atoms with Crippen LogP contribution in [0.3, 0.4) is 0 Å². The Hall–Kier alpha value is -1.70. The van der Waals surface area contributed by atoms with E-state index in [1.807, 2.05) is 36.4 Å². The molecule has 0 radical (unpaired) electrons. The van der Waals surface area contributed by atoms with Gasteiger partial charge in [-0.25, -0.2) is 0 Å². The van der Waals surface area contributed by atoms with Crippen molar-refractivity contribution in [3.8, 4) is 0 Å². The summed E-state index contributed by atoms with van der Waals surface area (Å²) in [5.41, 5.74) is 0.961.